The number of carbonyl (C=O) groups excluding carboxylic acids is 2. The van der Waals surface area contributed by atoms with Crippen molar-refractivity contribution in [3.63, 3.8) is 0 Å². The van der Waals surface area contributed by atoms with Crippen molar-refractivity contribution in [3.05, 3.63) is 28.2 Å². The molecule has 0 spiro atoms. The summed E-state index contributed by atoms with van der Waals surface area (Å²) in [5.41, 5.74) is 1.66. The molecule has 1 aromatic carbocycles. The Hall–Kier alpha value is -1.60. The fourth-order valence-electron chi connectivity index (χ4n) is 1.69. The van der Waals surface area contributed by atoms with Crippen LogP contribution in [0.5, 0.6) is 0 Å². The molecule has 0 aliphatic heterocycles. The van der Waals surface area contributed by atoms with Crippen molar-refractivity contribution in [2.45, 2.75) is 19.9 Å². The highest BCUT2D eigenvalue weighted by molar-refractivity contribution is 9.10. The van der Waals surface area contributed by atoms with Gasteiger partial charge in [0.15, 0.2) is 0 Å². The van der Waals surface area contributed by atoms with E-state index in [-0.39, 0.29) is 18.5 Å². The number of halogens is 1. The lowest BCUT2D eigenvalue weighted by atomic mass is 10.2. The van der Waals surface area contributed by atoms with Crippen molar-refractivity contribution < 1.29 is 14.3 Å². The van der Waals surface area contributed by atoms with Crippen molar-refractivity contribution >= 4 is 33.6 Å². The maximum atomic E-state index is 11.8. The molecule has 3 N–H and O–H groups in total. The number of methoxy groups -OCH3 is 1. The summed E-state index contributed by atoms with van der Waals surface area (Å²) in [6.07, 6.45) is 0. The highest BCUT2D eigenvalue weighted by Gasteiger charge is 2.09. The minimum absolute atomic E-state index is 0.0962. The molecule has 1 aromatic rings. The third kappa shape index (κ3) is 6.59. The van der Waals surface area contributed by atoms with Crippen molar-refractivity contribution in [1.82, 2.24) is 10.6 Å². The van der Waals surface area contributed by atoms with Crippen LogP contribution >= 0.6 is 15.9 Å². The molecule has 0 saturated carbocycles. The first-order chi connectivity index (χ1) is 9.92. The van der Waals surface area contributed by atoms with E-state index in [0.717, 1.165) is 15.7 Å². The van der Waals surface area contributed by atoms with Crippen LogP contribution in [0.3, 0.4) is 0 Å². The summed E-state index contributed by atoms with van der Waals surface area (Å²) in [7, 11) is 1.56. The second-order valence-corrected chi connectivity index (χ2v) is 5.61. The molecule has 0 aliphatic carbocycles. The van der Waals surface area contributed by atoms with E-state index in [2.05, 4.69) is 31.9 Å². The third-order valence-electron chi connectivity index (χ3n) is 2.67. The summed E-state index contributed by atoms with van der Waals surface area (Å²) in [5, 5.41) is 7.90. The van der Waals surface area contributed by atoms with Gasteiger partial charge in [-0.3, -0.25) is 4.79 Å². The Kier molecular flexibility index (Phi) is 7.18. The second kappa shape index (κ2) is 8.63. The van der Waals surface area contributed by atoms with Crippen LogP contribution in [0, 0.1) is 6.92 Å². The first-order valence-electron chi connectivity index (χ1n) is 6.51. The average Bonchev–Trinajstić information content (AvgIpc) is 2.40. The van der Waals surface area contributed by atoms with Gasteiger partial charge in [-0.15, -0.1) is 0 Å². The minimum atomic E-state index is -0.401. The van der Waals surface area contributed by atoms with Gasteiger partial charge in [0.25, 0.3) is 0 Å². The number of benzene rings is 1. The Morgan fingerprint density at radius 2 is 2.10 bits per heavy atom. The van der Waals surface area contributed by atoms with Gasteiger partial charge in [-0.1, -0.05) is 15.9 Å². The summed E-state index contributed by atoms with van der Waals surface area (Å²) >= 11 is 3.36. The molecule has 7 heteroatoms. The van der Waals surface area contributed by atoms with Gasteiger partial charge in [-0.25, -0.2) is 4.79 Å². The summed E-state index contributed by atoms with van der Waals surface area (Å²) in [5.74, 6) is -0.282. The van der Waals surface area contributed by atoms with Crippen molar-refractivity contribution in [1.29, 1.82) is 0 Å². The lowest BCUT2D eigenvalue weighted by molar-refractivity contribution is -0.115. The van der Waals surface area contributed by atoms with E-state index in [0.29, 0.717) is 6.61 Å². The van der Waals surface area contributed by atoms with Gasteiger partial charge in [0.05, 0.1) is 19.2 Å². The molecule has 0 fully saturated rings. The van der Waals surface area contributed by atoms with Gasteiger partial charge in [-0.05, 0) is 37.6 Å². The maximum absolute atomic E-state index is 11.8. The number of urea groups is 1. The Balaban J connectivity index is 2.38. The summed E-state index contributed by atoms with van der Waals surface area (Å²) in [4.78, 5) is 23.3. The lowest BCUT2D eigenvalue weighted by Gasteiger charge is -2.14. The van der Waals surface area contributed by atoms with E-state index >= 15 is 0 Å². The van der Waals surface area contributed by atoms with Gasteiger partial charge in [0.1, 0.15) is 0 Å². The summed E-state index contributed by atoms with van der Waals surface area (Å²) < 4.78 is 5.85. The predicted octanol–water partition coefficient (Wildman–Crippen LogP) is 2.03. The molecule has 0 aromatic heterocycles. The number of hydrogen-bond acceptors (Lipinski definition) is 3. The maximum Gasteiger partial charge on any atom is 0.315 e. The Labute approximate surface area is 132 Å². The molecule has 0 heterocycles. The molecular weight excluding hydrogens is 338 g/mol. The Morgan fingerprint density at radius 3 is 2.71 bits per heavy atom. The van der Waals surface area contributed by atoms with Crippen LogP contribution in [0.1, 0.15) is 12.5 Å². The predicted molar refractivity (Wildman–Crippen MR) is 85.4 cm³/mol. The highest BCUT2D eigenvalue weighted by Crippen LogP contribution is 2.19. The number of hydrogen-bond donors (Lipinski definition) is 3. The van der Waals surface area contributed by atoms with E-state index in [4.69, 9.17) is 4.74 Å². The zero-order valence-electron chi connectivity index (χ0n) is 12.3. The first kappa shape index (κ1) is 17.5. The zero-order valence-corrected chi connectivity index (χ0v) is 13.9. The van der Waals surface area contributed by atoms with Crippen LogP contribution in [-0.2, 0) is 9.53 Å². The SMILES string of the molecule is COCC(C)NC(=O)NCC(=O)Nc1ccc(Br)cc1C. The standard InChI is InChI=1S/C14H20BrN3O3/c1-9-6-11(15)4-5-12(9)18-13(19)7-16-14(20)17-10(2)8-21-3/h4-6,10H,7-8H2,1-3H3,(H,18,19)(H2,16,17,20). The second-order valence-electron chi connectivity index (χ2n) is 4.69. The van der Waals surface area contributed by atoms with Crippen LogP contribution in [-0.4, -0.2) is 38.2 Å². The minimum Gasteiger partial charge on any atom is -0.383 e. The van der Waals surface area contributed by atoms with Crippen LogP contribution in [0.15, 0.2) is 22.7 Å². The lowest BCUT2D eigenvalue weighted by Crippen LogP contribution is -2.45. The fraction of sp³-hybridized carbons (Fsp3) is 0.429. The van der Waals surface area contributed by atoms with E-state index in [1.807, 2.05) is 26.0 Å². The molecule has 1 atom stereocenters. The van der Waals surface area contributed by atoms with Crippen LogP contribution in [0.4, 0.5) is 10.5 Å². The van der Waals surface area contributed by atoms with Gasteiger partial charge in [-0.2, -0.15) is 0 Å². The van der Waals surface area contributed by atoms with Crippen molar-refractivity contribution in [3.8, 4) is 0 Å². The van der Waals surface area contributed by atoms with Gasteiger partial charge in [0, 0.05) is 17.3 Å². The first-order valence-corrected chi connectivity index (χ1v) is 7.31. The quantitative estimate of drug-likeness (QED) is 0.728. The summed E-state index contributed by atoms with van der Waals surface area (Å²) in [6, 6.07) is 5.03. The topological polar surface area (TPSA) is 79.5 Å². The van der Waals surface area contributed by atoms with E-state index in [1.54, 1.807) is 13.2 Å². The van der Waals surface area contributed by atoms with E-state index < -0.39 is 6.03 Å². The fourth-order valence-corrected chi connectivity index (χ4v) is 2.16. The van der Waals surface area contributed by atoms with Crippen LogP contribution in [0.2, 0.25) is 0 Å². The molecular formula is C14H20BrN3O3. The molecule has 116 valence electrons. The monoisotopic (exact) mass is 357 g/mol. The number of rotatable bonds is 6. The number of anilines is 1. The Morgan fingerprint density at radius 1 is 1.38 bits per heavy atom. The highest BCUT2D eigenvalue weighted by atomic mass is 79.9. The molecule has 1 rings (SSSR count). The zero-order chi connectivity index (χ0) is 15.8. The molecule has 0 bridgehead atoms. The normalized spacial score (nSPS) is 11.6. The number of nitrogens with one attached hydrogen (secondary N) is 3. The van der Waals surface area contributed by atoms with Gasteiger partial charge >= 0.3 is 6.03 Å². The molecule has 1 unspecified atom stereocenters. The van der Waals surface area contributed by atoms with Gasteiger partial charge in [0.2, 0.25) is 5.91 Å². The van der Waals surface area contributed by atoms with Crippen molar-refractivity contribution in [2.24, 2.45) is 0 Å². The molecule has 0 saturated heterocycles. The van der Waals surface area contributed by atoms with Gasteiger partial charge < -0.3 is 20.7 Å². The number of amides is 3. The third-order valence-corrected chi connectivity index (χ3v) is 3.16. The molecule has 3 amide bonds. The molecule has 21 heavy (non-hydrogen) atoms. The largest absolute Gasteiger partial charge is 0.383 e. The molecule has 0 radical (unpaired) electrons. The van der Waals surface area contributed by atoms with Crippen LogP contribution in [0.25, 0.3) is 0 Å². The Bertz CT molecular complexity index is 508. The summed E-state index contributed by atoms with van der Waals surface area (Å²) in [6.45, 7) is 4.03. The number of carbonyl (C=O) groups is 2. The molecule has 0 aliphatic rings. The molecule has 6 nitrogen and oxygen atoms in total. The average molecular weight is 358 g/mol. The van der Waals surface area contributed by atoms with E-state index in [9.17, 15) is 9.59 Å². The van der Waals surface area contributed by atoms with Crippen LogP contribution < -0.4 is 16.0 Å². The van der Waals surface area contributed by atoms with Crippen molar-refractivity contribution in [2.75, 3.05) is 25.6 Å². The smallest absolute Gasteiger partial charge is 0.315 e. The van der Waals surface area contributed by atoms with E-state index in [1.165, 1.54) is 0 Å². The number of ether oxygens (including phenoxy) is 1. The number of aryl methyl sites for hydroxylation is 1.